The maximum Gasteiger partial charge on any atom is 0.223 e. The van der Waals surface area contributed by atoms with Crippen molar-refractivity contribution in [2.75, 3.05) is 7.05 Å². The Labute approximate surface area is 147 Å². The average molecular weight is 390 g/mol. The maximum absolute atomic E-state index is 13.8. The number of aromatic nitrogens is 2. The second-order valence-electron chi connectivity index (χ2n) is 5.69. The molecular formula is C18H17BrFN3O. The number of nitrogens with zero attached hydrogens (tertiary/aromatic N) is 2. The van der Waals surface area contributed by atoms with Crippen LogP contribution in [0.4, 0.5) is 4.39 Å². The standard InChI is InChI=1S/C18H17BrFN3O/c1-23(11-12-10-13(19)6-7-14(12)20)18(24)9-8-17-21-15-4-2-3-5-16(15)22-17/h2-7,10H,8-9,11H2,1H3,(H,21,22). The molecule has 3 rings (SSSR count). The summed E-state index contributed by atoms with van der Waals surface area (Å²) in [5.41, 5.74) is 2.35. The number of aromatic amines is 1. The number of halogens is 2. The van der Waals surface area contributed by atoms with E-state index < -0.39 is 0 Å². The van der Waals surface area contributed by atoms with Crippen molar-refractivity contribution in [1.29, 1.82) is 0 Å². The summed E-state index contributed by atoms with van der Waals surface area (Å²) in [5.74, 6) is 0.427. The fraction of sp³-hybridized carbons (Fsp3) is 0.222. The van der Waals surface area contributed by atoms with Gasteiger partial charge in [-0.3, -0.25) is 4.79 Å². The van der Waals surface area contributed by atoms with Crippen molar-refractivity contribution < 1.29 is 9.18 Å². The number of aryl methyl sites for hydroxylation is 1. The van der Waals surface area contributed by atoms with E-state index in [0.717, 1.165) is 21.3 Å². The molecule has 1 aromatic heterocycles. The van der Waals surface area contributed by atoms with Crippen molar-refractivity contribution in [3.8, 4) is 0 Å². The van der Waals surface area contributed by atoms with Gasteiger partial charge in [0.05, 0.1) is 11.0 Å². The molecule has 0 aliphatic carbocycles. The van der Waals surface area contributed by atoms with Gasteiger partial charge in [0.25, 0.3) is 0 Å². The second kappa shape index (κ2) is 7.13. The molecular weight excluding hydrogens is 373 g/mol. The highest BCUT2D eigenvalue weighted by atomic mass is 79.9. The summed E-state index contributed by atoms with van der Waals surface area (Å²) in [7, 11) is 1.68. The summed E-state index contributed by atoms with van der Waals surface area (Å²) in [6.45, 7) is 0.240. The largest absolute Gasteiger partial charge is 0.342 e. The molecule has 0 fully saturated rings. The molecule has 4 nitrogen and oxygen atoms in total. The van der Waals surface area contributed by atoms with E-state index in [-0.39, 0.29) is 18.3 Å². The third-order valence-corrected chi connectivity index (χ3v) is 4.35. The molecule has 6 heteroatoms. The molecule has 0 saturated heterocycles. The van der Waals surface area contributed by atoms with Gasteiger partial charge in [-0.25, -0.2) is 9.37 Å². The lowest BCUT2D eigenvalue weighted by molar-refractivity contribution is -0.130. The van der Waals surface area contributed by atoms with E-state index in [9.17, 15) is 9.18 Å². The van der Waals surface area contributed by atoms with Crippen LogP contribution in [0, 0.1) is 5.82 Å². The lowest BCUT2D eigenvalue weighted by Crippen LogP contribution is -2.27. The van der Waals surface area contributed by atoms with Gasteiger partial charge in [-0.1, -0.05) is 28.1 Å². The highest BCUT2D eigenvalue weighted by molar-refractivity contribution is 9.10. The summed E-state index contributed by atoms with van der Waals surface area (Å²) in [6.07, 6.45) is 0.852. The summed E-state index contributed by atoms with van der Waals surface area (Å²) in [6, 6.07) is 12.5. The SMILES string of the molecule is CN(Cc1cc(Br)ccc1F)C(=O)CCc1nc2ccccc2[nH]1. The molecule has 0 radical (unpaired) electrons. The van der Waals surface area contributed by atoms with Gasteiger partial charge >= 0.3 is 0 Å². The minimum Gasteiger partial charge on any atom is -0.342 e. The number of para-hydroxylation sites is 2. The van der Waals surface area contributed by atoms with Gasteiger partial charge in [0, 0.05) is 36.5 Å². The van der Waals surface area contributed by atoms with Crippen LogP contribution in [0.25, 0.3) is 11.0 Å². The van der Waals surface area contributed by atoms with Gasteiger partial charge in [-0.05, 0) is 30.3 Å². The smallest absolute Gasteiger partial charge is 0.223 e. The van der Waals surface area contributed by atoms with Gasteiger partial charge in [0.1, 0.15) is 11.6 Å². The number of nitrogens with one attached hydrogen (secondary N) is 1. The number of hydrogen-bond donors (Lipinski definition) is 1. The molecule has 0 atom stereocenters. The van der Waals surface area contributed by atoms with E-state index in [2.05, 4.69) is 25.9 Å². The van der Waals surface area contributed by atoms with Crippen molar-refractivity contribution in [2.24, 2.45) is 0 Å². The number of hydrogen-bond acceptors (Lipinski definition) is 2. The maximum atomic E-state index is 13.8. The van der Waals surface area contributed by atoms with Crippen LogP contribution in [0.2, 0.25) is 0 Å². The van der Waals surface area contributed by atoms with Crippen LogP contribution in [-0.2, 0) is 17.8 Å². The average Bonchev–Trinajstić information content (AvgIpc) is 2.98. The highest BCUT2D eigenvalue weighted by Crippen LogP contribution is 2.17. The Morgan fingerprint density at radius 3 is 2.88 bits per heavy atom. The highest BCUT2D eigenvalue weighted by Gasteiger charge is 2.13. The number of carbonyl (C=O) groups is 1. The molecule has 1 heterocycles. The van der Waals surface area contributed by atoms with Crippen molar-refractivity contribution in [2.45, 2.75) is 19.4 Å². The summed E-state index contributed by atoms with van der Waals surface area (Å²) in [5, 5.41) is 0. The van der Waals surface area contributed by atoms with Gasteiger partial charge in [0.15, 0.2) is 0 Å². The predicted molar refractivity (Wildman–Crippen MR) is 95.0 cm³/mol. The van der Waals surface area contributed by atoms with E-state index in [1.165, 1.54) is 11.0 Å². The first-order valence-electron chi connectivity index (χ1n) is 7.64. The van der Waals surface area contributed by atoms with E-state index in [1.54, 1.807) is 19.2 Å². The first-order valence-corrected chi connectivity index (χ1v) is 8.44. The molecule has 1 N–H and O–H groups in total. The summed E-state index contributed by atoms with van der Waals surface area (Å²) < 4.78 is 14.6. The first kappa shape index (κ1) is 16.6. The molecule has 124 valence electrons. The molecule has 1 amide bonds. The normalized spacial score (nSPS) is 11.0. The molecule has 24 heavy (non-hydrogen) atoms. The molecule has 0 aliphatic heterocycles. The molecule has 0 saturated carbocycles. The molecule has 2 aromatic carbocycles. The topological polar surface area (TPSA) is 49.0 Å². The van der Waals surface area contributed by atoms with Gasteiger partial charge in [-0.2, -0.15) is 0 Å². The molecule has 3 aromatic rings. The summed E-state index contributed by atoms with van der Waals surface area (Å²) in [4.78, 5) is 21.5. The van der Waals surface area contributed by atoms with Crippen LogP contribution in [0.5, 0.6) is 0 Å². The third-order valence-electron chi connectivity index (χ3n) is 3.86. The fourth-order valence-corrected chi connectivity index (χ4v) is 2.96. The summed E-state index contributed by atoms with van der Waals surface area (Å²) >= 11 is 3.32. The zero-order chi connectivity index (χ0) is 17.1. The number of carbonyl (C=O) groups excluding carboxylic acids is 1. The minimum absolute atomic E-state index is 0.0465. The second-order valence-corrected chi connectivity index (χ2v) is 6.60. The van der Waals surface area contributed by atoms with Crippen LogP contribution in [-0.4, -0.2) is 27.8 Å². The lowest BCUT2D eigenvalue weighted by atomic mass is 10.2. The molecule has 0 unspecified atom stereocenters. The number of imidazole rings is 1. The third kappa shape index (κ3) is 3.82. The zero-order valence-corrected chi connectivity index (χ0v) is 14.8. The van der Waals surface area contributed by atoms with Crippen molar-refractivity contribution >= 4 is 32.9 Å². The Morgan fingerprint density at radius 2 is 2.08 bits per heavy atom. The molecule has 0 spiro atoms. The first-order chi connectivity index (χ1) is 11.5. The molecule has 0 aliphatic rings. The van der Waals surface area contributed by atoms with Crippen molar-refractivity contribution in [3.63, 3.8) is 0 Å². The number of H-pyrrole nitrogens is 1. The Kier molecular flexibility index (Phi) is 4.94. The van der Waals surface area contributed by atoms with E-state index in [4.69, 9.17) is 0 Å². The van der Waals surface area contributed by atoms with Gasteiger partial charge in [0.2, 0.25) is 5.91 Å². The number of rotatable bonds is 5. The van der Waals surface area contributed by atoms with Crippen LogP contribution in [0.15, 0.2) is 46.9 Å². The van der Waals surface area contributed by atoms with E-state index in [0.29, 0.717) is 18.4 Å². The Hall–Kier alpha value is -2.21. The quantitative estimate of drug-likeness (QED) is 0.715. The predicted octanol–water partition coefficient (Wildman–Crippen LogP) is 4.06. The molecule has 0 bridgehead atoms. The van der Waals surface area contributed by atoms with Crippen LogP contribution >= 0.6 is 15.9 Å². The minimum atomic E-state index is -0.310. The van der Waals surface area contributed by atoms with E-state index >= 15 is 0 Å². The number of fused-ring (bicyclic) bond motifs is 1. The van der Waals surface area contributed by atoms with Gasteiger partial charge in [-0.15, -0.1) is 0 Å². The van der Waals surface area contributed by atoms with Crippen molar-refractivity contribution in [3.05, 3.63) is 64.1 Å². The Balaban J connectivity index is 1.60. The fourth-order valence-electron chi connectivity index (χ4n) is 2.55. The number of benzene rings is 2. The van der Waals surface area contributed by atoms with Crippen LogP contribution < -0.4 is 0 Å². The monoisotopic (exact) mass is 389 g/mol. The van der Waals surface area contributed by atoms with Crippen molar-refractivity contribution in [1.82, 2.24) is 14.9 Å². The van der Waals surface area contributed by atoms with E-state index in [1.807, 2.05) is 24.3 Å². The zero-order valence-electron chi connectivity index (χ0n) is 13.2. The van der Waals surface area contributed by atoms with Crippen LogP contribution in [0.1, 0.15) is 17.8 Å². The van der Waals surface area contributed by atoms with Crippen LogP contribution in [0.3, 0.4) is 0 Å². The van der Waals surface area contributed by atoms with Gasteiger partial charge < -0.3 is 9.88 Å². The Bertz CT molecular complexity index is 845. The Morgan fingerprint density at radius 1 is 1.29 bits per heavy atom. The number of amides is 1. The lowest BCUT2D eigenvalue weighted by Gasteiger charge is -2.17.